The monoisotopic (exact) mass is 366 g/mol. The smallest absolute Gasteiger partial charge is 0.216 e. The van der Waals surface area contributed by atoms with Crippen LogP contribution in [0.5, 0.6) is 17.2 Å². The van der Waals surface area contributed by atoms with Crippen LogP contribution < -0.4 is 24.8 Å². The predicted octanol–water partition coefficient (Wildman–Crippen LogP) is 3.28. The third kappa shape index (κ3) is 8.43. The Morgan fingerprint density at radius 1 is 1.00 bits per heavy atom. The maximum Gasteiger partial charge on any atom is 0.216 e. The van der Waals surface area contributed by atoms with E-state index in [0.29, 0.717) is 43.5 Å². The molecule has 2 N–H and O–H groups in total. The second-order valence-corrected chi connectivity index (χ2v) is 6.25. The molecule has 1 rings (SSSR count). The number of amides is 1. The average molecular weight is 367 g/mol. The quantitative estimate of drug-likeness (QED) is 0.495. The number of rotatable bonds is 14. The molecule has 0 bridgehead atoms. The molecule has 0 aliphatic rings. The number of unbranched alkanes of at least 4 members (excludes halogenated alkanes) is 4. The fourth-order valence-corrected chi connectivity index (χ4v) is 2.62. The van der Waals surface area contributed by atoms with Crippen LogP contribution in [0.4, 0.5) is 0 Å². The van der Waals surface area contributed by atoms with Crippen molar-refractivity contribution in [2.24, 2.45) is 0 Å². The maximum absolute atomic E-state index is 10.9. The molecule has 0 aliphatic carbocycles. The van der Waals surface area contributed by atoms with Crippen molar-refractivity contribution in [3.63, 3.8) is 0 Å². The van der Waals surface area contributed by atoms with Crippen molar-refractivity contribution in [2.75, 3.05) is 33.9 Å². The molecule has 0 atom stereocenters. The van der Waals surface area contributed by atoms with Gasteiger partial charge in [0.1, 0.15) is 0 Å². The number of hydrogen-bond acceptors (Lipinski definition) is 5. The first-order valence-electron chi connectivity index (χ1n) is 9.45. The lowest BCUT2D eigenvalue weighted by molar-refractivity contribution is -0.118. The van der Waals surface area contributed by atoms with Crippen LogP contribution in [0.2, 0.25) is 0 Å². The fourth-order valence-electron chi connectivity index (χ4n) is 2.62. The van der Waals surface area contributed by atoms with Gasteiger partial charge in [0.2, 0.25) is 11.7 Å². The summed E-state index contributed by atoms with van der Waals surface area (Å²) in [7, 11) is 3.27. The lowest BCUT2D eigenvalue weighted by Crippen LogP contribution is -2.29. The van der Waals surface area contributed by atoms with Gasteiger partial charge in [0, 0.05) is 26.6 Å². The lowest BCUT2D eigenvalue weighted by atomic mass is 10.1. The van der Waals surface area contributed by atoms with Crippen LogP contribution in [-0.4, -0.2) is 39.8 Å². The molecule has 6 nitrogen and oxygen atoms in total. The zero-order chi connectivity index (χ0) is 19.2. The normalized spacial score (nSPS) is 10.5. The number of methoxy groups -OCH3 is 2. The second kappa shape index (κ2) is 13.3. The van der Waals surface area contributed by atoms with Gasteiger partial charge in [-0.1, -0.05) is 32.6 Å². The Morgan fingerprint density at radius 2 is 1.65 bits per heavy atom. The molecular formula is C20H34N2O4. The average Bonchev–Trinajstić information content (AvgIpc) is 2.64. The molecule has 1 aromatic carbocycles. The Hall–Kier alpha value is -1.95. The molecule has 0 radical (unpaired) electrons. The van der Waals surface area contributed by atoms with E-state index in [1.807, 2.05) is 12.1 Å². The summed E-state index contributed by atoms with van der Waals surface area (Å²) >= 11 is 0. The van der Waals surface area contributed by atoms with Crippen molar-refractivity contribution >= 4 is 5.91 Å². The van der Waals surface area contributed by atoms with Gasteiger partial charge >= 0.3 is 0 Å². The zero-order valence-electron chi connectivity index (χ0n) is 16.7. The van der Waals surface area contributed by atoms with Crippen molar-refractivity contribution in [1.29, 1.82) is 0 Å². The van der Waals surface area contributed by atoms with Crippen LogP contribution >= 0.6 is 0 Å². The molecule has 1 amide bonds. The molecule has 26 heavy (non-hydrogen) atoms. The third-order valence-corrected chi connectivity index (χ3v) is 4.02. The SMILES string of the molecule is CCCCCCCOc1c(OC)cc(CNCCNC(C)=O)cc1OC. The number of benzene rings is 1. The van der Waals surface area contributed by atoms with Gasteiger partial charge in [0.15, 0.2) is 11.5 Å². The summed E-state index contributed by atoms with van der Waals surface area (Å²) in [6.07, 6.45) is 5.96. The summed E-state index contributed by atoms with van der Waals surface area (Å²) in [5.41, 5.74) is 1.04. The number of hydrogen-bond donors (Lipinski definition) is 2. The number of nitrogens with one attached hydrogen (secondary N) is 2. The van der Waals surface area contributed by atoms with E-state index in [4.69, 9.17) is 14.2 Å². The predicted molar refractivity (Wildman–Crippen MR) is 104 cm³/mol. The van der Waals surface area contributed by atoms with Crippen LogP contribution in [0, 0.1) is 0 Å². The van der Waals surface area contributed by atoms with Crippen LogP contribution in [0.3, 0.4) is 0 Å². The van der Waals surface area contributed by atoms with Crippen molar-refractivity contribution < 1.29 is 19.0 Å². The molecule has 0 unspecified atom stereocenters. The Labute approximate surface area is 157 Å². The minimum absolute atomic E-state index is 0.0219. The fraction of sp³-hybridized carbons (Fsp3) is 0.650. The maximum atomic E-state index is 10.9. The number of carbonyl (C=O) groups is 1. The van der Waals surface area contributed by atoms with Gasteiger partial charge in [-0.05, 0) is 24.1 Å². The molecular weight excluding hydrogens is 332 g/mol. The second-order valence-electron chi connectivity index (χ2n) is 6.25. The molecule has 1 aromatic rings. The van der Waals surface area contributed by atoms with E-state index in [1.54, 1.807) is 14.2 Å². The third-order valence-electron chi connectivity index (χ3n) is 4.02. The largest absolute Gasteiger partial charge is 0.493 e. The molecule has 0 spiro atoms. The van der Waals surface area contributed by atoms with Crippen molar-refractivity contribution in [3.05, 3.63) is 17.7 Å². The van der Waals surface area contributed by atoms with Gasteiger partial charge in [-0.25, -0.2) is 0 Å². The standard InChI is InChI=1S/C20H34N2O4/c1-5-6-7-8-9-12-26-20-18(24-3)13-17(14-19(20)25-4)15-21-10-11-22-16(2)23/h13-14,21H,5-12,15H2,1-4H3,(H,22,23). The van der Waals surface area contributed by atoms with Gasteiger partial charge in [0.25, 0.3) is 0 Å². The van der Waals surface area contributed by atoms with Gasteiger partial charge in [-0.3, -0.25) is 4.79 Å². The van der Waals surface area contributed by atoms with E-state index < -0.39 is 0 Å². The van der Waals surface area contributed by atoms with Gasteiger partial charge in [-0.15, -0.1) is 0 Å². The molecule has 0 saturated carbocycles. The molecule has 148 valence electrons. The van der Waals surface area contributed by atoms with Crippen LogP contribution in [0.15, 0.2) is 12.1 Å². The van der Waals surface area contributed by atoms with E-state index in [1.165, 1.54) is 32.6 Å². The first kappa shape index (κ1) is 22.1. The Kier molecular flexibility index (Phi) is 11.3. The summed E-state index contributed by atoms with van der Waals surface area (Å²) in [6.45, 7) is 6.33. The van der Waals surface area contributed by atoms with E-state index in [2.05, 4.69) is 17.6 Å². The minimum atomic E-state index is -0.0219. The molecule has 0 heterocycles. The molecule has 0 fully saturated rings. The summed E-state index contributed by atoms with van der Waals surface area (Å²) in [6, 6.07) is 3.92. The minimum Gasteiger partial charge on any atom is -0.493 e. The Balaban J connectivity index is 2.58. The highest BCUT2D eigenvalue weighted by Crippen LogP contribution is 2.38. The summed E-state index contributed by atoms with van der Waals surface area (Å²) in [4.78, 5) is 10.9. The van der Waals surface area contributed by atoms with Gasteiger partial charge in [0.05, 0.1) is 20.8 Å². The topological polar surface area (TPSA) is 68.8 Å². The molecule has 0 aliphatic heterocycles. The van der Waals surface area contributed by atoms with Crippen LogP contribution in [0.25, 0.3) is 0 Å². The van der Waals surface area contributed by atoms with Gasteiger partial charge in [-0.2, -0.15) is 0 Å². The first-order chi connectivity index (χ1) is 12.6. The van der Waals surface area contributed by atoms with E-state index in [9.17, 15) is 4.79 Å². The van der Waals surface area contributed by atoms with Gasteiger partial charge < -0.3 is 24.8 Å². The lowest BCUT2D eigenvalue weighted by Gasteiger charge is -2.16. The van der Waals surface area contributed by atoms with Crippen molar-refractivity contribution in [2.45, 2.75) is 52.5 Å². The molecule has 0 saturated heterocycles. The van der Waals surface area contributed by atoms with Crippen molar-refractivity contribution in [1.82, 2.24) is 10.6 Å². The first-order valence-corrected chi connectivity index (χ1v) is 9.45. The zero-order valence-corrected chi connectivity index (χ0v) is 16.7. The van der Waals surface area contributed by atoms with Crippen LogP contribution in [0.1, 0.15) is 51.5 Å². The summed E-state index contributed by atoms with van der Waals surface area (Å²) in [5, 5.41) is 6.04. The Bertz CT molecular complexity index is 510. The number of carbonyl (C=O) groups excluding carboxylic acids is 1. The Morgan fingerprint density at radius 3 is 2.23 bits per heavy atom. The highest BCUT2D eigenvalue weighted by Gasteiger charge is 2.14. The van der Waals surface area contributed by atoms with E-state index >= 15 is 0 Å². The van der Waals surface area contributed by atoms with Crippen molar-refractivity contribution in [3.8, 4) is 17.2 Å². The molecule has 6 heteroatoms. The van der Waals surface area contributed by atoms with E-state index in [-0.39, 0.29) is 5.91 Å². The summed E-state index contributed by atoms with van der Waals surface area (Å²) < 4.78 is 16.9. The van der Waals surface area contributed by atoms with Crippen LogP contribution in [-0.2, 0) is 11.3 Å². The number of ether oxygens (including phenoxy) is 3. The highest BCUT2D eigenvalue weighted by atomic mass is 16.5. The van der Waals surface area contributed by atoms with E-state index in [0.717, 1.165) is 12.0 Å². The molecule has 0 aromatic heterocycles. The summed E-state index contributed by atoms with van der Waals surface area (Å²) in [5.74, 6) is 1.99. The highest BCUT2D eigenvalue weighted by molar-refractivity contribution is 5.72.